The van der Waals surface area contributed by atoms with Crippen LogP contribution >= 0.6 is 15.9 Å². The van der Waals surface area contributed by atoms with E-state index in [1.54, 1.807) is 6.20 Å². The lowest BCUT2D eigenvalue weighted by molar-refractivity contribution is 0.875. The summed E-state index contributed by atoms with van der Waals surface area (Å²) in [4.78, 5) is 7.68. The summed E-state index contributed by atoms with van der Waals surface area (Å²) in [5.41, 5.74) is 3.97. The monoisotopic (exact) mass is 278 g/mol. The summed E-state index contributed by atoms with van der Waals surface area (Å²) >= 11 is 3.71. The van der Waals surface area contributed by atoms with Crippen molar-refractivity contribution >= 4 is 15.9 Å². The number of nitrogens with one attached hydrogen (secondary N) is 1. The van der Waals surface area contributed by atoms with Gasteiger partial charge >= 0.3 is 0 Å². The minimum absolute atomic E-state index is 0.318. The maximum atomic E-state index is 4.24. The van der Waals surface area contributed by atoms with Crippen LogP contribution in [0.15, 0.2) is 30.6 Å². The van der Waals surface area contributed by atoms with E-state index in [1.807, 2.05) is 6.20 Å². The average molecular weight is 279 g/mol. The van der Waals surface area contributed by atoms with Crippen molar-refractivity contribution in [2.45, 2.75) is 25.1 Å². The van der Waals surface area contributed by atoms with Crippen LogP contribution in [0.5, 0.6) is 0 Å². The molecule has 0 spiro atoms. The fourth-order valence-corrected chi connectivity index (χ4v) is 2.25. The van der Waals surface area contributed by atoms with Gasteiger partial charge in [-0.15, -0.1) is 0 Å². The second-order valence-electron chi connectivity index (χ2n) is 4.05. The second kappa shape index (κ2) is 4.83. The molecule has 0 bridgehead atoms. The molecular weight excluding hydrogens is 264 g/mol. The first-order chi connectivity index (χ1) is 7.66. The van der Waals surface area contributed by atoms with Crippen molar-refractivity contribution in [3.05, 3.63) is 53.1 Å². The Balaban J connectivity index is 2.14. The summed E-state index contributed by atoms with van der Waals surface area (Å²) in [6.07, 6.45) is 4.53. The largest absolute Gasteiger partial charge is 0.349 e. The van der Waals surface area contributed by atoms with E-state index in [-0.39, 0.29) is 0 Å². The molecule has 1 aromatic carbocycles. The highest BCUT2D eigenvalue weighted by molar-refractivity contribution is 9.09. The van der Waals surface area contributed by atoms with Crippen LogP contribution in [0.4, 0.5) is 0 Å². The third-order valence-corrected chi connectivity index (χ3v) is 3.67. The number of halogens is 1. The number of aromatic nitrogens is 2. The first-order valence-corrected chi connectivity index (χ1v) is 6.28. The van der Waals surface area contributed by atoms with Crippen molar-refractivity contribution in [2.24, 2.45) is 0 Å². The van der Waals surface area contributed by atoms with Crippen LogP contribution in [0.3, 0.4) is 0 Å². The lowest BCUT2D eigenvalue weighted by atomic mass is 10.0. The number of aryl methyl sites for hydroxylation is 2. The molecule has 84 valence electrons. The fraction of sp³-hybridized carbons (Fsp3) is 0.308. The Morgan fingerprint density at radius 2 is 2.12 bits per heavy atom. The second-order valence-corrected chi connectivity index (χ2v) is 5.16. The van der Waals surface area contributed by atoms with E-state index in [9.17, 15) is 0 Å². The zero-order chi connectivity index (χ0) is 11.5. The molecule has 0 fully saturated rings. The van der Waals surface area contributed by atoms with Crippen molar-refractivity contribution in [3.8, 4) is 0 Å². The van der Waals surface area contributed by atoms with Crippen LogP contribution in [-0.4, -0.2) is 9.97 Å². The van der Waals surface area contributed by atoms with Crippen molar-refractivity contribution in [1.82, 2.24) is 9.97 Å². The van der Waals surface area contributed by atoms with Gasteiger partial charge in [-0.1, -0.05) is 34.1 Å². The molecule has 2 rings (SSSR count). The molecule has 1 heterocycles. The topological polar surface area (TPSA) is 28.7 Å². The fourth-order valence-electron chi connectivity index (χ4n) is 1.66. The molecule has 1 N–H and O–H groups in total. The number of nitrogens with zero attached hydrogens (tertiary/aromatic N) is 1. The molecule has 16 heavy (non-hydrogen) atoms. The zero-order valence-corrected chi connectivity index (χ0v) is 11.1. The maximum Gasteiger partial charge on any atom is 0.107 e. The van der Waals surface area contributed by atoms with Gasteiger partial charge in [-0.2, -0.15) is 0 Å². The smallest absolute Gasteiger partial charge is 0.107 e. The summed E-state index contributed by atoms with van der Waals surface area (Å²) in [6, 6.07) is 6.57. The Bertz CT molecular complexity index is 463. The summed E-state index contributed by atoms with van der Waals surface area (Å²) in [5.74, 6) is 1.01. The minimum Gasteiger partial charge on any atom is -0.349 e. The van der Waals surface area contributed by atoms with Crippen molar-refractivity contribution in [3.63, 3.8) is 0 Å². The van der Waals surface area contributed by atoms with Gasteiger partial charge in [0.25, 0.3) is 0 Å². The van der Waals surface area contributed by atoms with Gasteiger partial charge in [0.15, 0.2) is 0 Å². The number of hydrogen-bond acceptors (Lipinski definition) is 1. The minimum atomic E-state index is 0.318. The van der Waals surface area contributed by atoms with Crippen LogP contribution in [0.25, 0.3) is 0 Å². The van der Waals surface area contributed by atoms with Gasteiger partial charge in [-0.05, 0) is 30.5 Å². The highest BCUT2D eigenvalue weighted by Gasteiger charge is 2.10. The SMILES string of the molecule is Cc1ccc(C(Br)Cc2ncc[nH]2)cc1C. The maximum absolute atomic E-state index is 4.24. The predicted molar refractivity (Wildman–Crippen MR) is 69.9 cm³/mol. The summed E-state index contributed by atoms with van der Waals surface area (Å²) < 4.78 is 0. The van der Waals surface area contributed by atoms with E-state index in [0.29, 0.717) is 4.83 Å². The van der Waals surface area contributed by atoms with E-state index in [2.05, 4.69) is 57.9 Å². The summed E-state index contributed by atoms with van der Waals surface area (Å²) in [6.45, 7) is 4.28. The Morgan fingerprint density at radius 3 is 2.75 bits per heavy atom. The van der Waals surface area contributed by atoms with Gasteiger partial charge in [0.1, 0.15) is 5.82 Å². The van der Waals surface area contributed by atoms with Gasteiger partial charge < -0.3 is 4.98 Å². The lowest BCUT2D eigenvalue weighted by Gasteiger charge is -2.10. The molecule has 0 aliphatic carbocycles. The van der Waals surface area contributed by atoms with Crippen molar-refractivity contribution in [1.29, 1.82) is 0 Å². The molecule has 0 saturated carbocycles. The lowest BCUT2D eigenvalue weighted by Crippen LogP contribution is -1.98. The van der Waals surface area contributed by atoms with Gasteiger partial charge in [0.05, 0.1) is 0 Å². The predicted octanol–water partition coefficient (Wildman–Crippen LogP) is 3.71. The molecule has 1 atom stereocenters. The van der Waals surface area contributed by atoms with Crippen molar-refractivity contribution in [2.75, 3.05) is 0 Å². The van der Waals surface area contributed by atoms with E-state index >= 15 is 0 Å². The van der Waals surface area contributed by atoms with Crippen LogP contribution < -0.4 is 0 Å². The number of H-pyrrole nitrogens is 1. The molecule has 0 aliphatic rings. The molecule has 1 aromatic heterocycles. The first kappa shape index (κ1) is 11.4. The third kappa shape index (κ3) is 2.53. The highest BCUT2D eigenvalue weighted by atomic mass is 79.9. The van der Waals surface area contributed by atoms with Crippen LogP contribution in [0.2, 0.25) is 0 Å². The Kier molecular flexibility index (Phi) is 3.44. The summed E-state index contributed by atoms with van der Waals surface area (Å²) in [7, 11) is 0. The highest BCUT2D eigenvalue weighted by Crippen LogP contribution is 2.27. The van der Waals surface area contributed by atoms with E-state index in [1.165, 1.54) is 16.7 Å². The zero-order valence-electron chi connectivity index (χ0n) is 9.50. The third-order valence-electron chi connectivity index (χ3n) is 2.82. The van der Waals surface area contributed by atoms with Gasteiger partial charge in [0, 0.05) is 23.6 Å². The molecule has 0 amide bonds. The molecule has 1 unspecified atom stereocenters. The number of alkyl halides is 1. The first-order valence-electron chi connectivity index (χ1n) is 5.36. The average Bonchev–Trinajstić information content (AvgIpc) is 2.74. The standard InChI is InChI=1S/C13H15BrN2/c1-9-3-4-11(7-10(9)2)12(14)8-13-15-5-6-16-13/h3-7,12H,8H2,1-2H3,(H,15,16). The van der Waals surface area contributed by atoms with E-state index in [4.69, 9.17) is 0 Å². The molecule has 2 nitrogen and oxygen atoms in total. The molecule has 0 aliphatic heterocycles. The number of aromatic amines is 1. The Hall–Kier alpha value is -1.09. The van der Waals surface area contributed by atoms with Gasteiger partial charge in [-0.25, -0.2) is 4.98 Å². The number of hydrogen-bond donors (Lipinski definition) is 1. The molecule has 0 radical (unpaired) electrons. The van der Waals surface area contributed by atoms with Gasteiger partial charge in [-0.3, -0.25) is 0 Å². The van der Waals surface area contributed by atoms with Crippen LogP contribution in [0, 0.1) is 13.8 Å². The molecule has 0 saturated heterocycles. The van der Waals surface area contributed by atoms with E-state index < -0.39 is 0 Å². The Morgan fingerprint density at radius 1 is 1.31 bits per heavy atom. The summed E-state index contributed by atoms with van der Waals surface area (Å²) in [5, 5.41) is 0. The van der Waals surface area contributed by atoms with Crippen LogP contribution in [-0.2, 0) is 6.42 Å². The number of rotatable bonds is 3. The normalized spacial score (nSPS) is 12.7. The van der Waals surface area contributed by atoms with Crippen LogP contribution in [0.1, 0.15) is 27.3 Å². The molecule has 3 heteroatoms. The number of imidazole rings is 1. The van der Waals surface area contributed by atoms with Crippen molar-refractivity contribution < 1.29 is 0 Å². The Labute approximate surface area is 104 Å². The quantitative estimate of drug-likeness (QED) is 0.852. The molecule has 2 aromatic rings. The molecular formula is C13H15BrN2. The van der Waals surface area contributed by atoms with Gasteiger partial charge in [0.2, 0.25) is 0 Å². The number of benzene rings is 1. The van der Waals surface area contributed by atoms with E-state index in [0.717, 1.165) is 12.2 Å².